The minimum Gasteiger partial charge on any atom is -0.484 e. The molecular formula is C27H23ClN2O2. The van der Waals surface area contributed by atoms with Gasteiger partial charge < -0.3 is 9.30 Å². The van der Waals surface area contributed by atoms with Crippen LogP contribution in [0.5, 0.6) is 5.75 Å². The van der Waals surface area contributed by atoms with Crippen molar-refractivity contribution < 1.29 is 9.53 Å². The van der Waals surface area contributed by atoms with E-state index in [1.165, 1.54) is 0 Å². The molecule has 2 atom stereocenters. The van der Waals surface area contributed by atoms with Crippen LogP contribution in [0, 0.1) is 0 Å². The summed E-state index contributed by atoms with van der Waals surface area (Å²) < 4.78 is 8.51. The lowest BCUT2D eigenvalue weighted by atomic mass is 9.78. The van der Waals surface area contributed by atoms with Crippen LogP contribution in [0.15, 0.2) is 91.5 Å². The summed E-state index contributed by atoms with van der Waals surface area (Å²) in [4.78, 5) is 16.8. The number of hydrogen-bond acceptors (Lipinski definition) is 3. The molecule has 0 radical (unpaired) electrons. The van der Waals surface area contributed by atoms with Crippen molar-refractivity contribution in [3.8, 4) is 5.75 Å². The van der Waals surface area contributed by atoms with Gasteiger partial charge in [-0.05, 0) is 53.4 Å². The summed E-state index contributed by atoms with van der Waals surface area (Å²) in [5, 5.41) is 0.706. The van der Waals surface area contributed by atoms with Gasteiger partial charge in [0.15, 0.2) is 5.78 Å². The van der Waals surface area contributed by atoms with Crippen LogP contribution in [0.4, 0.5) is 0 Å². The zero-order valence-corrected chi connectivity index (χ0v) is 18.3. The molecule has 4 nitrogen and oxygen atoms in total. The van der Waals surface area contributed by atoms with E-state index in [0.29, 0.717) is 18.0 Å². The summed E-state index contributed by atoms with van der Waals surface area (Å²) >= 11 is 6.26. The number of ether oxygens (including phenoxy) is 1. The highest BCUT2D eigenvalue weighted by Gasteiger charge is 2.28. The number of benzene rings is 3. The second-order valence-corrected chi connectivity index (χ2v) is 8.53. The van der Waals surface area contributed by atoms with Gasteiger partial charge in [0.1, 0.15) is 11.9 Å². The van der Waals surface area contributed by atoms with Gasteiger partial charge in [-0.15, -0.1) is 0 Å². The number of Topliss-reactive ketones (excluding diaryl/α,β-unsaturated/α-hetero) is 1. The van der Waals surface area contributed by atoms with E-state index in [-0.39, 0.29) is 17.8 Å². The second kappa shape index (κ2) is 9.01. The van der Waals surface area contributed by atoms with Gasteiger partial charge in [-0.25, -0.2) is 4.98 Å². The largest absolute Gasteiger partial charge is 0.484 e. The Morgan fingerprint density at radius 2 is 1.94 bits per heavy atom. The van der Waals surface area contributed by atoms with Gasteiger partial charge in [0.05, 0.1) is 12.9 Å². The van der Waals surface area contributed by atoms with Crippen molar-refractivity contribution >= 4 is 17.4 Å². The molecular weight excluding hydrogens is 420 g/mol. The first kappa shape index (κ1) is 20.5. The van der Waals surface area contributed by atoms with Crippen LogP contribution in [0.25, 0.3) is 0 Å². The van der Waals surface area contributed by atoms with Crippen molar-refractivity contribution in [2.75, 3.05) is 0 Å². The van der Waals surface area contributed by atoms with Crippen molar-refractivity contribution in [2.45, 2.75) is 31.4 Å². The first-order valence-electron chi connectivity index (χ1n) is 10.8. The van der Waals surface area contributed by atoms with Gasteiger partial charge >= 0.3 is 0 Å². The van der Waals surface area contributed by atoms with E-state index in [0.717, 1.165) is 34.4 Å². The molecule has 0 N–H and O–H groups in total. The van der Waals surface area contributed by atoms with Crippen LogP contribution in [-0.2, 0) is 6.54 Å². The van der Waals surface area contributed by atoms with E-state index >= 15 is 0 Å². The number of imidazole rings is 1. The average molecular weight is 443 g/mol. The fraction of sp³-hybridized carbons (Fsp3) is 0.185. The van der Waals surface area contributed by atoms with Crippen molar-refractivity contribution in [2.24, 2.45) is 0 Å². The molecule has 0 bridgehead atoms. The van der Waals surface area contributed by atoms with Gasteiger partial charge in [0.2, 0.25) is 0 Å². The Hall–Kier alpha value is -3.37. The van der Waals surface area contributed by atoms with E-state index in [1.54, 1.807) is 12.5 Å². The van der Waals surface area contributed by atoms with Crippen LogP contribution < -0.4 is 4.74 Å². The summed E-state index contributed by atoms with van der Waals surface area (Å²) in [6.07, 6.45) is 6.61. The molecule has 2 unspecified atom stereocenters. The summed E-state index contributed by atoms with van der Waals surface area (Å²) in [6.45, 7) is 0.637. The van der Waals surface area contributed by atoms with Crippen LogP contribution in [0.1, 0.15) is 51.9 Å². The molecule has 4 aromatic rings. The third-order valence-electron chi connectivity index (χ3n) is 6.00. The van der Waals surface area contributed by atoms with Crippen molar-refractivity contribution in [3.05, 3.63) is 119 Å². The zero-order chi connectivity index (χ0) is 21.9. The molecule has 1 aliphatic carbocycles. The van der Waals surface area contributed by atoms with Gasteiger partial charge in [0.25, 0.3) is 0 Å². The van der Waals surface area contributed by atoms with Crippen molar-refractivity contribution in [1.82, 2.24) is 9.55 Å². The van der Waals surface area contributed by atoms with E-state index in [1.807, 2.05) is 65.4 Å². The number of carbonyl (C=O) groups excluding carboxylic acids is 1. The van der Waals surface area contributed by atoms with E-state index < -0.39 is 0 Å². The summed E-state index contributed by atoms with van der Waals surface area (Å²) in [7, 11) is 0. The number of rotatable bonds is 6. The highest BCUT2D eigenvalue weighted by Crippen LogP contribution is 2.39. The molecule has 160 valence electrons. The topological polar surface area (TPSA) is 44.1 Å². The molecule has 0 saturated heterocycles. The summed E-state index contributed by atoms with van der Waals surface area (Å²) in [5.74, 6) is 1.05. The lowest BCUT2D eigenvalue weighted by Crippen LogP contribution is -2.18. The fourth-order valence-electron chi connectivity index (χ4n) is 4.42. The molecule has 5 heteroatoms. The Bertz CT molecular complexity index is 1220. The molecule has 0 saturated carbocycles. The lowest BCUT2D eigenvalue weighted by molar-refractivity contribution is 0.0969. The molecule has 1 aromatic heterocycles. The maximum atomic E-state index is 12.6. The van der Waals surface area contributed by atoms with Crippen LogP contribution >= 0.6 is 11.6 Å². The number of nitrogens with zero attached hydrogens (tertiary/aromatic N) is 2. The molecule has 5 rings (SSSR count). The summed E-state index contributed by atoms with van der Waals surface area (Å²) in [6, 6.07) is 23.9. The molecule has 0 amide bonds. The Labute approximate surface area is 192 Å². The molecule has 32 heavy (non-hydrogen) atoms. The monoisotopic (exact) mass is 442 g/mol. The Morgan fingerprint density at radius 3 is 2.72 bits per heavy atom. The first-order chi connectivity index (χ1) is 15.7. The minimum atomic E-state index is -0.188. The van der Waals surface area contributed by atoms with Crippen LogP contribution in [-0.4, -0.2) is 15.3 Å². The predicted molar refractivity (Wildman–Crippen MR) is 125 cm³/mol. The quantitative estimate of drug-likeness (QED) is 0.344. The number of aromatic nitrogens is 2. The predicted octanol–water partition coefficient (Wildman–Crippen LogP) is 6.47. The van der Waals surface area contributed by atoms with E-state index in [4.69, 9.17) is 16.3 Å². The Kier molecular flexibility index (Phi) is 5.78. The third-order valence-corrected chi connectivity index (χ3v) is 6.23. The standard InChI is InChI=1S/C27H23ClN2O2/c28-21-8-4-7-20(15-21)23-11-12-26(31)24-10-9-22(16-25(23)24)32-27(17-30-14-13-29-18-30)19-5-2-1-3-6-19/h1-10,13-16,18,23,27H,11-12,17H2. The van der Waals surface area contributed by atoms with Gasteiger partial charge in [-0.3, -0.25) is 4.79 Å². The Morgan fingerprint density at radius 1 is 1.06 bits per heavy atom. The molecule has 0 fully saturated rings. The van der Waals surface area contributed by atoms with Crippen molar-refractivity contribution in [1.29, 1.82) is 0 Å². The van der Waals surface area contributed by atoms with E-state index in [9.17, 15) is 4.79 Å². The normalized spacial score (nSPS) is 16.4. The van der Waals surface area contributed by atoms with Gasteiger partial charge in [-0.1, -0.05) is 54.1 Å². The third kappa shape index (κ3) is 4.32. The number of hydrogen-bond donors (Lipinski definition) is 0. The number of fused-ring (bicyclic) bond motifs is 1. The summed E-state index contributed by atoms with van der Waals surface area (Å²) in [5.41, 5.74) is 4.00. The van der Waals surface area contributed by atoms with Crippen LogP contribution in [0.3, 0.4) is 0 Å². The van der Waals surface area contributed by atoms with Gasteiger partial charge in [-0.2, -0.15) is 0 Å². The molecule has 0 spiro atoms. The lowest BCUT2D eigenvalue weighted by Gasteiger charge is -2.27. The van der Waals surface area contributed by atoms with Crippen LogP contribution in [0.2, 0.25) is 5.02 Å². The molecule has 1 aliphatic rings. The number of ketones is 1. The van der Waals surface area contributed by atoms with Crippen molar-refractivity contribution in [3.63, 3.8) is 0 Å². The van der Waals surface area contributed by atoms with E-state index in [2.05, 4.69) is 23.2 Å². The smallest absolute Gasteiger partial charge is 0.163 e. The molecule has 0 aliphatic heterocycles. The second-order valence-electron chi connectivity index (χ2n) is 8.10. The maximum absolute atomic E-state index is 12.6. The Balaban J connectivity index is 1.49. The fourth-order valence-corrected chi connectivity index (χ4v) is 4.62. The minimum absolute atomic E-state index is 0.119. The van der Waals surface area contributed by atoms with Gasteiger partial charge in [0, 0.05) is 35.3 Å². The number of halogens is 1. The highest BCUT2D eigenvalue weighted by molar-refractivity contribution is 6.30. The zero-order valence-electron chi connectivity index (χ0n) is 17.5. The molecule has 3 aromatic carbocycles. The average Bonchev–Trinajstić information content (AvgIpc) is 3.33. The number of carbonyl (C=O) groups is 1. The highest BCUT2D eigenvalue weighted by atomic mass is 35.5. The SMILES string of the molecule is O=C1CCC(c2cccc(Cl)c2)c2cc(OC(Cn3ccnc3)c3ccccc3)ccc21. The first-order valence-corrected chi connectivity index (χ1v) is 11.1. The maximum Gasteiger partial charge on any atom is 0.163 e. The molecule has 1 heterocycles.